The summed E-state index contributed by atoms with van der Waals surface area (Å²) in [4.78, 5) is 4.06. The minimum absolute atomic E-state index is 0.182. The first-order valence-electron chi connectivity index (χ1n) is 7.49. The molecule has 0 aliphatic carbocycles. The standard InChI is InChI=1S/C16H18N4O4/c1-12-18-16(24-19-12)11-23-15-5-3-14(4-6-15)22-10-13(21)9-20-8-2-7-17-20/h2-8,13,21H,9-11H2,1H3. The summed E-state index contributed by atoms with van der Waals surface area (Å²) in [7, 11) is 0. The van der Waals surface area contributed by atoms with Crippen LogP contribution in [0.2, 0.25) is 0 Å². The Balaban J connectivity index is 1.44. The molecule has 0 saturated heterocycles. The highest BCUT2D eigenvalue weighted by molar-refractivity contribution is 5.31. The Morgan fingerprint density at radius 2 is 1.96 bits per heavy atom. The fraction of sp³-hybridized carbons (Fsp3) is 0.312. The number of hydrogen-bond donors (Lipinski definition) is 1. The van der Waals surface area contributed by atoms with E-state index in [2.05, 4.69) is 15.2 Å². The maximum Gasteiger partial charge on any atom is 0.264 e. The molecular weight excluding hydrogens is 312 g/mol. The van der Waals surface area contributed by atoms with Crippen molar-refractivity contribution in [1.82, 2.24) is 19.9 Å². The lowest BCUT2D eigenvalue weighted by molar-refractivity contribution is 0.0893. The Morgan fingerprint density at radius 1 is 1.21 bits per heavy atom. The zero-order chi connectivity index (χ0) is 16.8. The molecule has 2 aromatic heterocycles. The van der Waals surface area contributed by atoms with Crippen molar-refractivity contribution in [2.45, 2.75) is 26.2 Å². The summed E-state index contributed by atoms with van der Waals surface area (Å²) >= 11 is 0. The molecule has 8 nitrogen and oxygen atoms in total. The molecule has 126 valence electrons. The third-order valence-corrected chi connectivity index (χ3v) is 3.16. The number of nitrogens with zero attached hydrogens (tertiary/aromatic N) is 4. The number of rotatable bonds is 8. The highest BCUT2D eigenvalue weighted by Gasteiger charge is 2.07. The van der Waals surface area contributed by atoms with Gasteiger partial charge in [-0.05, 0) is 37.3 Å². The monoisotopic (exact) mass is 330 g/mol. The Bertz CT molecular complexity index is 740. The van der Waals surface area contributed by atoms with Gasteiger partial charge in [0.15, 0.2) is 12.4 Å². The summed E-state index contributed by atoms with van der Waals surface area (Å²) in [5.74, 6) is 2.31. The van der Waals surface area contributed by atoms with Gasteiger partial charge < -0.3 is 19.1 Å². The van der Waals surface area contributed by atoms with Crippen LogP contribution in [0.3, 0.4) is 0 Å². The van der Waals surface area contributed by atoms with Crippen LogP contribution in [0.5, 0.6) is 11.5 Å². The third kappa shape index (κ3) is 4.56. The van der Waals surface area contributed by atoms with Crippen LogP contribution < -0.4 is 9.47 Å². The largest absolute Gasteiger partial charge is 0.491 e. The van der Waals surface area contributed by atoms with E-state index in [1.54, 1.807) is 48.3 Å². The van der Waals surface area contributed by atoms with E-state index in [1.165, 1.54) is 0 Å². The fourth-order valence-electron chi connectivity index (χ4n) is 2.05. The highest BCUT2D eigenvalue weighted by atomic mass is 16.5. The van der Waals surface area contributed by atoms with Crippen molar-refractivity contribution < 1.29 is 19.1 Å². The maximum atomic E-state index is 9.92. The summed E-state index contributed by atoms with van der Waals surface area (Å²) < 4.78 is 17.7. The van der Waals surface area contributed by atoms with Crippen LogP contribution in [0.1, 0.15) is 11.7 Å². The van der Waals surface area contributed by atoms with E-state index in [9.17, 15) is 5.11 Å². The smallest absolute Gasteiger partial charge is 0.264 e. The van der Waals surface area contributed by atoms with Gasteiger partial charge in [0, 0.05) is 12.4 Å². The molecular formula is C16H18N4O4. The third-order valence-electron chi connectivity index (χ3n) is 3.16. The van der Waals surface area contributed by atoms with Crippen molar-refractivity contribution in [2.24, 2.45) is 0 Å². The van der Waals surface area contributed by atoms with E-state index in [0.717, 1.165) is 0 Å². The Labute approximate surface area is 138 Å². The molecule has 24 heavy (non-hydrogen) atoms. The molecule has 1 aromatic carbocycles. The van der Waals surface area contributed by atoms with Crippen LogP contribution in [-0.4, -0.2) is 37.7 Å². The van der Waals surface area contributed by atoms with Crippen molar-refractivity contribution >= 4 is 0 Å². The Hall–Kier alpha value is -2.87. The molecule has 0 aliphatic heterocycles. The molecule has 0 saturated carbocycles. The summed E-state index contributed by atoms with van der Waals surface area (Å²) in [6.45, 7) is 2.53. The topological polar surface area (TPSA) is 95.4 Å². The van der Waals surface area contributed by atoms with Gasteiger partial charge in [-0.25, -0.2) is 0 Å². The minimum atomic E-state index is -0.637. The predicted octanol–water partition coefficient (Wildman–Crippen LogP) is 1.59. The van der Waals surface area contributed by atoms with Crippen LogP contribution >= 0.6 is 0 Å². The molecule has 0 fully saturated rings. The van der Waals surface area contributed by atoms with Gasteiger partial charge >= 0.3 is 0 Å². The lowest BCUT2D eigenvalue weighted by atomic mass is 10.3. The molecule has 8 heteroatoms. The van der Waals surface area contributed by atoms with E-state index in [1.807, 2.05) is 6.07 Å². The van der Waals surface area contributed by atoms with Gasteiger partial charge in [-0.3, -0.25) is 4.68 Å². The molecule has 1 unspecified atom stereocenters. The normalized spacial score (nSPS) is 12.1. The SMILES string of the molecule is Cc1noc(COc2ccc(OCC(O)Cn3cccn3)cc2)n1. The molecule has 3 aromatic rings. The van der Waals surface area contributed by atoms with Crippen molar-refractivity contribution in [1.29, 1.82) is 0 Å². The van der Waals surface area contributed by atoms with Crippen molar-refractivity contribution in [3.63, 3.8) is 0 Å². The first kappa shape index (κ1) is 16.0. The lowest BCUT2D eigenvalue weighted by Gasteiger charge is -2.12. The van der Waals surface area contributed by atoms with E-state index in [-0.39, 0.29) is 13.2 Å². The van der Waals surface area contributed by atoms with Gasteiger partial charge in [0.2, 0.25) is 0 Å². The molecule has 2 heterocycles. The quantitative estimate of drug-likeness (QED) is 0.670. The van der Waals surface area contributed by atoms with Gasteiger partial charge in [0.25, 0.3) is 5.89 Å². The first-order valence-corrected chi connectivity index (χ1v) is 7.49. The van der Waals surface area contributed by atoms with Crippen LogP contribution in [0, 0.1) is 6.92 Å². The van der Waals surface area contributed by atoms with E-state index in [0.29, 0.717) is 29.8 Å². The second-order valence-corrected chi connectivity index (χ2v) is 5.19. The second kappa shape index (κ2) is 7.60. The molecule has 0 amide bonds. The number of aliphatic hydroxyl groups excluding tert-OH is 1. The lowest BCUT2D eigenvalue weighted by Crippen LogP contribution is -2.23. The predicted molar refractivity (Wildman–Crippen MR) is 83.5 cm³/mol. The van der Waals surface area contributed by atoms with Gasteiger partial charge in [0.1, 0.15) is 24.2 Å². The van der Waals surface area contributed by atoms with E-state index in [4.69, 9.17) is 14.0 Å². The fourth-order valence-corrected chi connectivity index (χ4v) is 2.05. The summed E-state index contributed by atoms with van der Waals surface area (Å²) in [5.41, 5.74) is 0. The number of ether oxygens (including phenoxy) is 2. The number of hydrogen-bond acceptors (Lipinski definition) is 7. The summed E-state index contributed by atoms with van der Waals surface area (Å²) in [6, 6.07) is 8.91. The van der Waals surface area contributed by atoms with E-state index >= 15 is 0 Å². The van der Waals surface area contributed by atoms with Crippen LogP contribution in [0.4, 0.5) is 0 Å². The number of aliphatic hydroxyl groups is 1. The average Bonchev–Trinajstić information content (AvgIpc) is 3.24. The minimum Gasteiger partial charge on any atom is -0.491 e. The van der Waals surface area contributed by atoms with Crippen LogP contribution in [0.15, 0.2) is 47.2 Å². The molecule has 0 radical (unpaired) electrons. The summed E-state index contributed by atoms with van der Waals surface area (Å²) in [6.07, 6.45) is 2.82. The van der Waals surface area contributed by atoms with Crippen LogP contribution in [-0.2, 0) is 13.2 Å². The Kier molecular flexibility index (Phi) is 5.07. The zero-order valence-electron chi connectivity index (χ0n) is 13.2. The molecule has 0 aliphatic rings. The molecule has 1 atom stereocenters. The number of benzene rings is 1. The summed E-state index contributed by atoms with van der Waals surface area (Å²) in [5, 5.41) is 17.6. The number of aryl methyl sites for hydroxylation is 1. The highest BCUT2D eigenvalue weighted by Crippen LogP contribution is 2.18. The first-order chi connectivity index (χ1) is 11.7. The van der Waals surface area contributed by atoms with Crippen molar-refractivity contribution in [3.8, 4) is 11.5 Å². The molecule has 0 spiro atoms. The zero-order valence-corrected chi connectivity index (χ0v) is 13.2. The Morgan fingerprint density at radius 3 is 2.58 bits per heavy atom. The molecule has 3 rings (SSSR count). The molecule has 1 N–H and O–H groups in total. The van der Waals surface area contributed by atoms with Gasteiger partial charge in [-0.15, -0.1) is 0 Å². The van der Waals surface area contributed by atoms with Gasteiger partial charge in [-0.1, -0.05) is 5.16 Å². The average molecular weight is 330 g/mol. The van der Waals surface area contributed by atoms with Crippen molar-refractivity contribution in [3.05, 3.63) is 54.4 Å². The van der Waals surface area contributed by atoms with Crippen LogP contribution in [0.25, 0.3) is 0 Å². The maximum absolute atomic E-state index is 9.92. The van der Waals surface area contributed by atoms with Gasteiger partial charge in [-0.2, -0.15) is 10.1 Å². The van der Waals surface area contributed by atoms with Crippen molar-refractivity contribution in [2.75, 3.05) is 6.61 Å². The second-order valence-electron chi connectivity index (χ2n) is 5.19. The number of aromatic nitrogens is 4. The van der Waals surface area contributed by atoms with Gasteiger partial charge in [0.05, 0.1) is 6.54 Å². The van der Waals surface area contributed by atoms with E-state index < -0.39 is 6.10 Å². The molecule has 0 bridgehead atoms.